The maximum absolute atomic E-state index is 13.1. The number of carbonyl (C=O) groups excluding carboxylic acids is 1. The number of aryl methyl sites for hydroxylation is 2. The number of pyridine rings is 1. The number of aromatic nitrogens is 2. The summed E-state index contributed by atoms with van der Waals surface area (Å²) in [6.45, 7) is 6.35. The van der Waals surface area contributed by atoms with Crippen LogP contribution in [0.5, 0.6) is 0 Å². The molecule has 2 aromatic heterocycles. The first kappa shape index (κ1) is 22.6. The second-order valence-electron chi connectivity index (χ2n) is 9.18. The molecule has 4 aromatic rings. The van der Waals surface area contributed by atoms with Gasteiger partial charge in [-0.25, -0.2) is 4.98 Å². The van der Waals surface area contributed by atoms with Gasteiger partial charge in [-0.1, -0.05) is 35.0 Å². The summed E-state index contributed by atoms with van der Waals surface area (Å²) < 4.78 is 5.38. The quantitative estimate of drug-likeness (QED) is 0.336. The number of Topliss-reactive ketones (excluding diaryl/α,β-unsaturated/α-hetero) is 1. The number of nitrogens with zero attached hydrogens (tertiary/aromatic N) is 3. The summed E-state index contributed by atoms with van der Waals surface area (Å²) in [7, 11) is 2.07. The maximum Gasteiger partial charge on any atom is 0.181 e. The zero-order valence-electron chi connectivity index (χ0n) is 19.6. The Bertz CT molecular complexity index is 1360. The Balaban J connectivity index is 1.53. The van der Waals surface area contributed by atoms with Crippen molar-refractivity contribution in [2.24, 2.45) is 5.92 Å². The van der Waals surface area contributed by atoms with E-state index < -0.39 is 0 Å². The van der Waals surface area contributed by atoms with E-state index in [0.29, 0.717) is 29.6 Å². The van der Waals surface area contributed by atoms with Crippen LogP contribution < -0.4 is 5.32 Å². The predicted molar refractivity (Wildman–Crippen MR) is 135 cm³/mol. The summed E-state index contributed by atoms with van der Waals surface area (Å²) in [5.41, 5.74) is 6.04. The first-order valence-corrected chi connectivity index (χ1v) is 11.8. The molecule has 0 spiro atoms. The van der Waals surface area contributed by atoms with Gasteiger partial charge < -0.3 is 14.7 Å². The standard InChI is InChI=1S/C27H27ClN4O2/c1-16-27(17(2)34-31-16)20-7-8-23-22(11-20)24(29-13-18-5-4-6-21(28)9-18)12-25(30-23)26(33)10-19-14-32(3)15-19/h4-9,11-12,19H,10,13-15H2,1-3H3,(H,29,30). The molecule has 0 amide bonds. The molecule has 0 bridgehead atoms. The van der Waals surface area contributed by atoms with Crippen molar-refractivity contribution in [3.8, 4) is 11.1 Å². The Morgan fingerprint density at radius 3 is 2.71 bits per heavy atom. The number of ketones is 1. The van der Waals surface area contributed by atoms with Crippen LogP contribution in [0.4, 0.5) is 5.69 Å². The molecule has 1 aliphatic heterocycles. The summed E-state index contributed by atoms with van der Waals surface area (Å²) in [6.07, 6.45) is 0.522. The van der Waals surface area contributed by atoms with Crippen LogP contribution in [0.2, 0.25) is 5.02 Å². The number of rotatable bonds is 7. The fourth-order valence-electron chi connectivity index (χ4n) is 4.73. The van der Waals surface area contributed by atoms with Gasteiger partial charge in [0.1, 0.15) is 11.5 Å². The molecule has 1 aliphatic rings. The lowest BCUT2D eigenvalue weighted by atomic mass is 9.93. The number of carbonyl (C=O) groups is 1. The van der Waals surface area contributed by atoms with Crippen molar-refractivity contribution in [3.63, 3.8) is 0 Å². The van der Waals surface area contributed by atoms with Gasteiger partial charge in [0.25, 0.3) is 0 Å². The highest BCUT2D eigenvalue weighted by molar-refractivity contribution is 6.30. The molecule has 1 saturated heterocycles. The Morgan fingerprint density at radius 2 is 2.00 bits per heavy atom. The second-order valence-corrected chi connectivity index (χ2v) is 9.62. The van der Waals surface area contributed by atoms with Crippen molar-refractivity contribution in [3.05, 3.63) is 76.3 Å². The average Bonchev–Trinajstić information content (AvgIpc) is 3.13. The Hall–Kier alpha value is -3.22. The highest BCUT2D eigenvalue weighted by Crippen LogP contribution is 2.33. The number of fused-ring (bicyclic) bond motifs is 1. The van der Waals surface area contributed by atoms with E-state index in [9.17, 15) is 4.79 Å². The molecule has 6 nitrogen and oxygen atoms in total. The molecule has 2 aromatic carbocycles. The molecule has 1 fully saturated rings. The van der Waals surface area contributed by atoms with Crippen LogP contribution in [-0.4, -0.2) is 41.0 Å². The van der Waals surface area contributed by atoms with Gasteiger partial charge in [-0.05, 0) is 68.3 Å². The molecule has 174 valence electrons. The summed E-state index contributed by atoms with van der Waals surface area (Å²) in [6, 6.07) is 15.7. The Labute approximate surface area is 203 Å². The third-order valence-electron chi connectivity index (χ3n) is 6.40. The van der Waals surface area contributed by atoms with Gasteiger partial charge in [-0.2, -0.15) is 0 Å². The number of likely N-dealkylation sites (tertiary alicyclic amines) is 1. The number of anilines is 1. The normalized spacial score (nSPS) is 14.4. The van der Waals surface area contributed by atoms with Gasteiger partial charge in [-0.3, -0.25) is 4.79 Å². The second kappa shape index (κ2) is 9.20. The van der Waals surface area contributed by atoms with Crippen LogP contribution in [0, 0.1) is 19.8 Å². The fraction of sp³-hybridized carbons (Fsp3) is 0.296. The van der Waals surface area contributed by atoms with Crippen molar-refractivity contribution in [2.75, 3.05) is 25.5 Å². The highest BCUT2D eigenvalue weighted by Gasteiger charge is 2.27. The van der Waals surface area contributed by atoms with Crippen LogP contribution in [-0.2, 0) is 6.54 Å². The van der Waals surface area contributed by atoms with Gasteiger partial charge in [0, 0.05) is 47.7 Å². The molecule has 1 N–H and O–H groups in total. The minimum Gasteiger partial charge on any atom is -0.380 e. The molecule has 0 atom stereocenters. The summed E-state index contributed by atoms with van der Waals surface area (Å²) in [4.78, 5) is 20.0. The predicted octanol–water partition coefficient (Wildman–Crippen LogP) is 5.91. The van der Waals surface area contributed by atoms with Gasteiger partial charge in [-0.15, -0.1) is 0 Å². The largest absolute Gasteiger partial charge is 0.380 e. The van der Waals surface area contributed by atoms with Crippen molar-refractivity contribution in [1.82, 2.24) is 15.0 Å². The zero-order chi connectivity index (χ0) is 23.8. The highest BCUT2D eigenvalue weighted by atomic mass is 35.5. The smallest absolute Gasteiger partial charge is 0.181 e. The average molecular weight is 475 g/mol. The van der Waals surface area contributed by atoms with Gasteiger partial charge >= 0.3 is 0 Å². The lowest BCUT2D eigenvalue weighted by molar-refractivity contribution is 0.0831. The number of hydrogen-bond donors (Lipinski definition) is 1. The third kappa shape index (κ3) is 4.56. The molecule has 34 heavy (non-hydrogen) atoms. The zero-order valence-corrected chi connectivity index (χ0v) is 20.3. The van der Waals surface area contributed by atoms with E-state index >= 15 is 0 Å². The molecule has 7 heteroatoms. The Morgan fingerprint density at radius 1 is 1.18 bits per heavy atom. The van der Waals surface area contributed by atoms with E-state index in [-0.39, 0.29) is 5.78 Å². The first-order chi connectivity index (χ1) is 16.4. The summed E-state index contributed by atoms with van der Waals surface area (Å²) in [5.74, 6) is 1.26. The van der Waals surface area contributed by atoms with Gasteiger partial charge in [0.2, 0.25) is 0 Å². The van der Waals surface area contributed by atoms with Crippen LogP contribution in [0.25, 0.3) is 22.0 Å². The van der Waals surface area contributed by atoms with Crippen molar-refractivity contribution < 1.29 is 9.32 Å². The molecule has 0 radical (unpaired) electrons. The number of nitrogens with one attached hydrogen (secondary N) is 1. The van der Waals surface area contributed by atoms with Gasteiger partial charge in [0.05, 0.1) is 11.2 Å². The van der Waals surface area contributed by atoms with Crippen LogP contribution in [0.3, 0.4) is 0 Å². The summed E-state index contributed by atoms with van der Waals surface area (Å²) in [5, 5.41) is 9.25. The minimum absolute atomic E-state index is 0.0839. The van der Waals surface area contributed by atoms with E-state index in [0.717, 1.165) is 57.8 Å². The van der Waals surface area contributed by atoms with Crippen molar-refractivity contribution in [1.29, 1.82) is 0 Å². The molecular weight excluding hydrogens is 448 g/mol. The lowest BCUT2D eigenvalue weighted by Gasteiger charge is -2.35. The van der Waals surface area contributed by atoms with E-state index in [4.69, 9.17) is 21.1 Å². The van der Waals surface area contributed by atoms with E-state index in [1.54, 1.807) is 0 Å². The molecular formula is C27H27ClN4O2. The van der Waals surface area contributed by atoms with Crippen molar-refractivity contribution in [2.45, 2.75) is 26.8 Å². The topological polar surface area (TPSA) is 71.3 Å². The van der Waals surface area contributed by atoms with E-state index in [1.807, 2.05) is 56.3 Å². The van der Waals surface area contributed by atoms with Crippen molar-refractivity contribution >= 4 is 34.0 Å². The van der Waals surface area contributed by atoms with Crippen LogP contribution >= 0.6 is 11.6 Å². The monoisotopic (exact) mass is 474 g/mol. The number of halogens is 1. The lowest BCUT2D eigenvalue weighted by Crippen LogP contribution is -2.44. The van der Waals surface area contributed by atoms with E-state index in [1.165, 1.54) is 0 Å². The summed E-state index contributed by atoms with van der Waals surface area (Å²) >= 11 is 6.17. The first-order valence-electron chi connectivity index (χ1n) is 11.5. The molecule has 5 rings (SSSR count). The number of benzene rings is 2. The van der Waals surface area contributed by atoms with Crippen LogP contribution in [0.15, 0.2) is 53.1 Å². The minimum atomic E-state index is 0.0839. The molecule has 0 aliphatic carbocycles. The maximum atomic E-state index is 13.1. The molecule has 0 saturated carbocycles. The van der Waals surface area contributed by atoms with Crippen LogP contribution in [0.1, 0.15) is 33.9 Å². The SMILES string of the molecule is Cc1noc(C)c1-c1ccc2nc(C(=O)CC3CN(C)C3)cc(NCc3cccc(Cl)c3)c2c1. The molecule has 0 unspecified atom stereocenters. The van der Waals surface area contributed by atoms with E-state index in [2.05, 4.69) is 28.5 Å². The number of hydrogen-bond acceptors (Lipinski definition) is 6. The Kier molecular flexibility index (Phi) is 6.11. The third-order valence-corrected chi connectivity index (χ3v) is 6.64. The molecule has 3 heterocycles. The fourth-order valence-corrected chi connectivity index (χ4v) is 4.95. The van der Waals surface area contributed by atoms with Gasteiger partial charge in [0.15, 0.2) is 5.78 Å².